The smallest absolute Gasteiger partial charge is 0.333 e. The molecule has 3 rings (SSSR count). The van der Waals surface area contributed by atoms with Gasteiger partial charge in [-0.05, 0) is 13.8 Å². The van der Waals surface area contributed by atoms with Crippen molar-refractivity contribution in [2.24, 2.45) is 14.1 Å². The summed E-state index contributed by atoms with van der Waals surface area (Å²) in [7, 11) is 4.55. The molecule has 0 bridgehead atoms. The third-order valence-electron chi connectivity index (χ3n) is 4.18. The number of esters is 1. The number of rotatable bonds is 2. The molecule has 9 nitrogen and oxygen atoms in total. The van der Waals surface area contributed by atoms with Crippen molar-refractivity contribution < 1.29 is 9.53 Å². The molecule has 3 aromatic heterocycles. The second-order valence-electron chi connectivity index (χ2n) is 5.50. The van der Waals surface area contributed by atoms with Gasteiger partial charge in [0, 0.05) is 26.0 Å². The molecular weight excluding hydrogens is 302 g/mol. The molecule has 3 aromatic rings. The lowest BCUT2D eigenvalue weighted by Crippen LogP contribution is -2.43. The Balaban J connectivity index is 2.51. The van der Waals surface area contributed by atoms with Crippen molar-refractivity contribution in [3.8, 4) is 0 Å². The zero-order valence-electron chi connectivity index (χ0n) is 13.5. The Morgan fingerprint density at radius 1 is 1.26 bits per heavy atom. The Morgan fingerprint density at radius 2 is 1.91 bits per heavy atom. The summed E-state index contributed by atoms with van der Waals surface area (Å²) in [6.45, 7) is 3.34. The number of imidazole rings is 2. The molecule has 0 aliphatic rings. The molecule has 0 fully saturated rings. The van der Waals surface area contributed by atoms with Gasteiger partial charge < -0.3 is 9.30 Å². The molecule has 23 heavy (non-hydrogen) atoms. The van der Waals surface area contributed by atoms with Crippen molar-refractivity contribution >= 4 is 22.9 Å². The third-order valence-corrected chi connectivity index (χ3v) is 4.18. The van der Waals surface area contributed by atoms with E-state index < -0.39 is 23.3 Å². The van der Waals surface area contributed by atoms with Gasteiger partial charge in [0.1, 0.15) is 6.04 Å². The van der Waals surface area contributed by atoms with Gasteiger partial charge in [-0.25, -0.2) is 14.2 Å². The van der Waals surface area contributed by atoms with Crippen LogP contribution in [0.5, 0.6) is 0 Å². The number of carbonyl (C=O) groups is 1. The molecule has 0 N–H and O–H groups in total. The van der Waals surface area contributed by atoms with E-state index in [0.29, 0.717) is 5.78 Å². The fourth-order valence-corrected chi connectivity index (χ4v) is 2.70. The summed E-state index contributed by atoms with van der Waals surface area (Å²) in [6, 6.07) is -1.02. The van der Waals surface area contributed by atoms with E-state index in [1.54, 1.807) is 10.6 Å². The van der Waals surface area contributed by atoms with Crippen molar-refractivity contribution in [3.05, 3.63) is 32.7 Å². The van der Waals surface area contributed by atoms with Crippen LogP contribution in [-0.2, 0) is 23.6 Å². The molecule has 0 aromatic carbocycles. The van der Waals surface area contributed by atoms with Crippen LogP contribution in [0.4, 0.5) is 0 Å². The number of methoxy groups -OCH3 is 1. The highest BCUT2D eigenvalue weighted by Gasteiger charge is 2.25. The van der Waals surface area contributed by atoms with Crippen LogP contribution in [0.3, 0.4) is 0 Å². The van der Waals surface area contributed by atoms with Crippen LogP contribution in [0.25, 0.3) is 16.9 Å². The fraction of sp³-hybridized carbons (Fsp3) is 0.429. The molecule has 0 saturated carbocycles. The third kappa shape index (κ3) is 1.85. The Bertz CT molecular complexity index is 1070. The van der Waals surface area contributed by atoms with Crippen LogP contribution >= 0.6 is 0 Å². The first-order valence-electron chi connectivity index (χ1n) is 7.03. The highest BCUT2D eigenvalue weighted by Crippen LogP contribution is 2.15. The van der Waals surface area contributed by atoms with Crippen LogP contribution in [-0.4, -0.2) is 36.2 Å². The van der Waals surface area contributed by atoms with Gasteiger partial charge in [-0.15, -0.1) is 0 Å². The van der Waals surface area contributed by atoms with Gasteiger partial charge in [-0.3, -0.25) is 13.8 Å². The molecule has 0 aliphatic heterocycles. The Hall–Kier alpha value is -2.84. The highest BCUT2D eigenvalue weighted by molar-refractivity contribution is 5.77. The van der Waals surface area contributed by atoms with E-state index in [2.05, 4.69) is 9.72 Å². The topological polar surface area (TPSA) is 92.5 Å². The van der Waals surface area contributed by atoms with Gasteiger partial charge >= 0.3 is 11.7 Å². The lowest BCUT2D eigenvalue weighted by atomic mass is 10.3. The van der Waals surface area contributed by atoms with Crippen molar-refractivity contribution in [1.82, 2.24) is 23.1 Å². The summed E-state index contributed by atoms with van der Waals surface area (Å²) in [5.74, 6) is -0.110. The van der Waals surface area contributed by atoms with Gasteiger partial charge in [0.25, 0.3) is 5.56 Å². The van der Waals surface area contributed by atoms with Gasteiger partial charge in [0.15, 0.2) is 11.2 Å². The molecule has 9 heteroatoms. The molecule has 0 aliphatic carbocycles. The fourth-order valence-electron chi connectivity index (χ4n) is 2.70. The van der Waals surface area contributed by atoms with Crippen molar-refractivity contribution in [1.29, 1.82) is 0 Å². The predicted octanol–water partition coefficient (Wildman–Crippen LogP) is -0.271. The normalized spacial score (nSPS) is 12.9. The van der Waals surface area contributed by atoms with Crippen LogP contribution < -0.4 is 11.2 Å². The summed E-state index contributed by atoms with van der Waals surface area (Å²) in [6.07, 6.45) is 1.77. The van der Waals surface area contributed by atoms with E-state index >= 15 is 0 Å². The molecule has 0 saturated heterocycles. The SMILES string of the molecule is COC(=O)[C@@H](C)n1c(=O)c2c(nc3n(C)c(C)cn23)n(C)c1=O. The molecule has 1 atom stereocenters. The van der Waals surface area contributed by atoms with Crippen LogP contribution in [0.2, 0.25) is 0 Å². The van der Waals surface area contributed by atoms with Gasteiger partial charge in [-0.2, -0.15) is 4.98 Å². The standard InChI is InChI=1S/C14H17N5O4/c1-7-6-18-9-10(15-13(18)16(7)3)17(4)14(22)19(11(9)20)8(2)12(21)23-5/h6,8H,1-5H3/t8-/m1/s1. The summed E-state index contributed by atoms with van der Waals surface area (Å²) in [5, 5.41) is 0. The summed E-state index contributed by atoms with van der Waals surface area (Å²) < 4.78 is 10.3. The maximum atomic E-state index is 12.8. The molecule has 0 amide bonds. The van der Waals surface area contributed by atoms with E-state index in [1.165, 1.54) is 25.6 Å². The minimum absolute atomic E-state index is 0.251. The van der Waals surface area contributed by atoms with Crippen LogP contribution in [0, 0.1) is 6.92 Å². The number of hydrogen-bond acceptors (Lipinski definition) is 5. The number of nitrogens with zero attached hydrogens (tertiary/aromatic N) is 5. The molecule has 3 heterocycles. The van der Waals surface area contributed by atoms with Crippen molar-refractivity contribution in [2.75, 3.05) is 7.11 Å². The second-order valence-corrected chi connectivity index (χ2v) is 5.50. The van der Waals surface area contributed by atoms with Gasteiger partial charge in [-0.1, -0.05) is 0 Å². The molecule has 122 valence electrons. The number of aromatic nitrogens is 5. The van der Waals surface area contributed by atoms with E-state index in [0.717, 1.165) is 10.3 Å². The van der Waals surface area contributed by atoms with E-state index in [-0.39, 0.29) is 11.2 Å². The van der Waals surface area contributed by atoms with E-state index in [9.17, 15) is 14.4 Å². The zero-order valence-corrected chi connectivity index (χ0v) is 13.5. The number of carbonyl (C=O) groups excluding carboxylic acids is 1. The van der Waals surface area contributed by atoms with E-state index in [1.807, 2.05) is 18.5 Å². The predicted molar refractivity (Wildman–Crippen MR) is 82.6 cm³/mol. The molecule has 0 spiro atoms. The first-order chi connectivity index (χ1) is 10.8. The molecule has 0 unspecified atom stereocenters. The zero-order chi connectivity index (χ0) is 17.0. The van der Waals surface area contributed by atoms with Crippen molar-refractivity contribution in [2.45, 2.75) is 19.9 Å². The average Bonchev–Trinajstić information content (AvgIpc) is 3.02. The minimum atomic E-state index is -1.02. The lowest BCUT2D eigenvalue weighted by Gasteiger charge is -2.13. The minimum Gasteiger partial charge on any atom is -0.467 e. The number of hydrogen-bond donors (Lipinski definition) is 0. The van der Waals surface area contributed by atoms with Gasteiger partial charge in [0.05, 0.1) is 7.11 Å². The van der Waals surface area contributed by atoms with E-state index in [4.69, 9.17) is 0 Å². The largest absolute Gasteiger partial charge is 0.467 e. The maximum absolute atomic E-state index is 12.8. The number of fused-ring (bicyclic) bond motifs is 3. The Kier molecular flexibility index (Phi) is 3.17. The number of aryl methyl sites for hydroxylation is 3. The summed E-state index contributed by atoms with van der Waals surface area (Å²) in [5.41, 5.74) is 0.260. The maximum Gasteiger partial charge on any atom is 0.333 e. The van der Waals surface area contributed by atoms with Gasteiger partial charge in [0.2, 0.25) is 5.78 Å². The monoisotopic (exact) mass is 319 g/mol. The summed E-state index contributed by atoms with van der Waals surface area (Å²) in [4.78, 5) is 41.5. The van der Waals surface area contributed by atoms with Crippen LogP contribution in [0.15, 0.2) is 15.8 Å². The second kappa shape index (κ2) is 4.83. The first-order valence-corrected chi connectivity index (χ1v) is 7.03. The average molecular weight is 319 g/mol. The Morgan fingerprint density at radius 3 is 2.52 bits per heavy atom. The lowest BCUT2D eigenvalue weighted by molar-refractivity contribution is -0.144. The molecule has 0 radical (unpaired) electrons. The first kappa shape index (κ1) is 15.1. The molecular formula is C14H17N5O4. The summed E-state index contributed by atoms with van der Waals surface area (Å²) >= 11 is 0. The number of ether oxygens (including phenoxy) is 1. The van der Waals surface area contributed by atoms with Crippen LogP contribution in [0.1, 0.15) is 18.7 Å². The highest BCUT2D eigenvalue weighted by atomic mass is 16.5. The van der Waals surface area contributed by atoms with Crippen molar-refractivity contribution in [3.63, 3.8) is 0 Å². The Labute approximate surface area is 130 Å². The quantitative estimate of drug-likeness (QED) is 0.606.